The van der Waals surface area contributed by atoms with Crippen LogP contribution in [0.15, 0.2) is 54.6 Å². The van der Waals surface area contributed by atoms with Gasteiger partial charge in [0.25, 0.3) is 0 Å². The SMILES string of the molecule is CC(=O)c1ccc(N2CCN(C(=O)C(CO)NC(=O)Cc3ccccc3)CC2)cc1. The lowest BCUT2D eigenvalue weighted by atomic mass is 10.1. The van der Waals surface area contributed by atoms with Gasteiger partial charge in [0, 0.05) is 37.4 Å². The van der Waals surface area contributed by atoms with Crippen molar-refractivity contribution >= 4 is 23.3 Å². The van der Waals surface area contributed by atoms with Gasteiger partial charge in [-0.15, -0.1) is 0 Å². The number of nitrogens with zero attached hydrogens (tertiary/aromatic N) is 2. The van der Waals surface area contributed by atoms with Crippen LogP contribution in [0.3, 0.4) is 0 Å². The molecule has 2 aromatic carbocycles. The number of nitrogens with one attached hydrogen (secondary N) is 1. The van der Waals surface area contributed by atoms with Crippen LogP contribution in [0.2, 0.25) is 0 Å². The molecule has 1 atom stereocenters. The number of piperazine rings is 1. The first-order valence-corrected chi connectivity index (χ1v) is 10.1. The summed E-state index contributed by atoms with van der Waals surface area (Å²) >= 11 is 0. The lowest BCUT2D eigenvalue weighted by Gasteiger charge is -2.37. The van der Waals surface area contributed by atoms with Crippen LogP contribution in [0, 0.1) is 0 Å². The number of rotatable bonds is 7. The Morgan fingerprint density at radius 3 is 2.17 bits per heavy atom. The molecule has 2 N–H and O–H groups in total. The van der Waals surface area contributed by atoms with Crippen molar-refractivity contribution in [1.29, 1.82) is 0 Å². The number of ketones is 1. The monoisotopic (exact) mass is 409 g/mol. The summed E-state index contributed by atoms with van der Waals surface area (Å²) in [7, 11) is 0. The minimum Gasteiger partial charge on any atom is -0.394 e. The van der Waals surface area contributed by atoms with Gasteiger partial charge in [0.1, 0.15) is 6.04 Å². The molecular weight excluding hydrogens is 382 g/mol. The second-order valence-corrected chi connectivity index (χ2v) is 7.38. The fourth-order valence-corrected chi connectivity index (χ4v) is 3.52. The smallest absolute Gasteiger partial charge is 0.247 e. The minimum atomic E-state index is -0.942. The number of carbonyl (C=O) groups excluding carboxylic acids is 3. The maximum atomic E-state index is 12.8. The van der Waals surface area contributed by atoms with E-state index in [-0.39, 0.29) is 24.0 Å². The van der Waals surface area contributed by atoms with Crippen LogP contribution in [-0.2, 0) is 16.0 Å². The van der Waals surface area contributed by atoms with Crippen LogP contribution < -0.4 is 10.2 Å². The highest BCUT2D eigenvalue weighted by atomic mass is 16.3. The van der Waals surface area contributed by atoms with Crippen molar-refractivity contribution in [3.8, 4) is 0 Å². The zero-order valence-electron chi connectivity index (χ0n) is 17.1. The van der Waals surface area contributed by atoms with Crippen molar-refractivity contribution in [2.75, 3.05) is 37.7 Å². The van der Waals surface area contributed by atoms with Crippen molar-refractivity contribution in [1.82, 2.24) is 10.2 Å². The van der Waals surface area contributed by atoms with Gasteiger partial charge in [-0.05, 0) is 36.8 Å². The van der Waals surface area contributed by atoms with Crippen LogP contribution >= 0.6 is 0 Å². The fourth-order valence-electron chi connectivity index (χ4n) is 3.52. The van der Waals surface area contributed by atoms with Gasteiger partial charge in [-0.2, -0.15) is 0 Å². The van der Waals surface area contributed by atoms with Crippen LogP contribution in [0.5, 0.6) is 0 Å². The topological polar surface area (TPSA) is 90.0 Å². The van der Waals surface area contributed by atoms with Gasteiger partial charge >= 0.3 is 0 Å². The third-order valence-electron chi connectivity index (χ3n) is 5.25. The van der Waals surface area contributed by atoms with E-state index in [4.69, 9.17) is 0 Å². The summed E-state index contributed by atoms with van der Waals surface area (Å²) in [6.07, 6.45) is 0.161. The predicted octanol–water partition coefficient (Wildman–Crippen LogP) is 1.26. The Balaban J connectivity index is 1.52. The number of anilines is 1. The van der Waals surface area contributed by atoms with E-state index in [1.54, 1.807) is 17.0 Å². The Labute approximate surface area is 176 Å². The van der Waals surface area contributed by atoms with Crippen molar-refractivity contribution in [3.63, 3.8) is 0 Å². The first kappa shape index (κ1) is 21.5. The largest absolute Gasteiger partial charge is 0.394 e. The molecule has 0 bridgehead atoms. The highest BCUT2D eigenvalue weighted by molar-refractivity contribution is 5.94. The number of hydrogen-bond acceptors (Lipinski definition) is 5. The maximum absolute atomic E-state index is 12.8. The van der Waals surface area contributed by atoms with Crippen LogP contribution in [0.4, 0.5) is 5.69 Å². The van der Waals surface area contributed by atoms with E-state index in [0.29, 0.717) is 31.7 Å². The number of aliphatic hydroxyl groups is 1. The standard InChI is InChI=1S/C23H27N3O4/c1-17(28)19-7-9-20(10-8-19)25-11-13-26(14-12-25)23(30)21(16-27)24-22(29)15-18-5-3-2-4-6-18/h2-10,21,27H,11-16H2,1H3,(H,24,29). The first-order valence-electron chi connectivity index (χ1n) is 10.1. The number of benzene rings is 2. The Bertz CT molecular complexity index is 875. The zero-order valence-corrected chi connectivity index (χ0v) is 17.1. The third-order valence-corrected chi connectivity index (χ3v) is 5.25. The quantitative estimate of drug-likeness (QED) is 0.672. The molecule has 1 aliphatic heterocycles. The molecule has 7 nitrogen and oxygen atoms in total. The molecule has 2 aromatic rings. The molecule has 30 heavy (non-hydrogen) atoms. The average Bonchev–Trinajstić information content (AvgIpc) is 2.78. The lowest BCUT2D eigenvalue weighted by molar-refractivity contribution is -0.137. The molecule has 158 valence electrons. The summed E-state index contributed by atoms with van der Waals surface area (Å²) in [4.78, 5) is 40.3. The molecule has 1 fully saturated rings. The summed E-state index contributed by atoms with van der Waals surface area (Å²) in [6.45, 7) is 3.38. The first-order chi connectivity index (χ1) is 14.5. The van der Waals surface area contributed by atoms with Gasteiger partial charge < -0.3 is 20.2 Å². The molecule has 2 amide bonds. The molecule has 0 aliphatic carbocycles. The van der Waals surface area contributed by atoms with E-state index >= 15 is 0 Å². The van der Waals surface area contributed by atoms with Crippen molar-refractivity contribution < 1.29 is 19.5 Å². The number of carbonyl (C=O) groups is 3. The predicted molar refractivity (Wildman–Crippen MR) is 114 cm³/mol. The van der Waals surface area contributed by atoms with Gasteiger partial charge in [-0.1, -0.05) is 30.3 Å². The minimum absolute atomic E-state index is 0.0290. The molecule has 1 unspecified atom stereocenters. The molecular formula is C23H27N3O4. The van der Waals surface area contributed by atoms with Crippen molar-refractivity contribution in [2.45, 2.75) is 19.4 Å². The van der Waals surface area contributed by atoms with E-state index in [9.17, 15) is 19.5 Å². The van der Waals surface area contributed by atoms with Gasteiger partial charge in [0.2, 0.25) is 11.8 Å². The van der Waals surface area contributed by atoms with E-state index in [0.717, 1.165) is 11.3 Å². The average molecular weight is 409 g/mol. The Kier molecular flexibility index (Phi) is 7.19. The molecule has 0 saturated carbocycles. The lowest BCUT2D eigenvalue weighted by Crippen LogP contribution is -2.56. The van der Waals surface area contributed by atoms with E-state index in [1.165, 1.54) is 6.92 Å². The van der Waals surface area contributed by atoms with Gasteiger partial charge in [-0.3, -0.25) is 14.4 Å². The van der Waals surface area contributed by atoms with Crippen molar-refractivity contribution in [3.05, 3.63) is 65.7 Å². The number of amides is 2. The molecule has 0 radical (unpaired) electrons. The summed E-state index contributed by atoms with van der Waals surface area (Å²) in [5, 5.41) is 12.3. The molecule has 1 saturated heterocycles. The maximum Gasteiger partial charge on any atom is 0.247 e. The summed E-state index contributed by atoms with van der Waals surface area (Å²) in [5.74, 6) is -0.537. The molecule has 7 heteroatoms. The summed E-state index contributed by atoms with van der Waals surface area (Å²) in [5.41, 5.74) is 2.52. The molecule has 3 rings (SSSR count). The van der Waals surface area contributed by atoms with Crippen LogP contribution in [0.1, 0.15) is 22.8 Å². The molecule has 0 spiro atoms. The molecule has 1 aliphatic rings. The Morgan fingerprint density at radius 1 is 0.967 bits per heavy atom. The van der Waals surface area contributed by atoms with Crippen LogP contribution in [-0.4, -0.2) is 66.4 Å². The third kappa shape index (κ3) is 5.45. The fraction of sp³-hybridized carbons (Fsp3) is 0.348. The molecule has 1 heterocycles. The second-order valence-electron chi connectivity index (χ2n) is 7.38. The Hall–Kier alpha value is -3.19. The number of hydrogen-bond donors (Lipinski definition) is 2. The second kappa shape index (κ2) is 10.0. The van der Waals surface area contributed by atoms with E-state index in [2.05, 4.69) is 10.2 Å². The van der Waals surface area contributed by atoms with Gasteiger partial charge in [-0.25, -0.2) is 0 Å². The highest BCUT2D eigenvalue weighted by Gasteiger charge is 2.28. The highest BCUT2D eigenvalue weighted by Crippen LogP contribution is 2.18. The van der Waals surface area contributed by atoms with Crippen LogP contribution in [0.25, 0.3) is 0 Å². The summed E-state index contributed by atoms with van der Waals surface area (Å²) in [6, 6.07) is 15.8. The molecule has 0 aromatic heterocycles. The van der Waals surface area contributed by atoms with Gasteiger partial charge in [0.15, 0.2) is 5.78 Å². The van der Waals surface area contributed by atoms with Crippen molar-refractivity contribution in [2.24, 2.45) is 0 Å². The van der Waals surface area contributed by atoms with E-state index in [1.807, 2.05) is 42.5 Å². The Morgan fingerprint density at radius 2 is 1.60 bits per heavy atom. The number of aliphatic hydroxyl groups excluding tert-OH is 1. The summed E-state index contributed by atoms with van der Waals surface area (Å²) < 4.78 is 0. The number of Topliss-reactive ketones (excluding diaryl/α,β-unsaturated/α-hetero) is 1. The van der Waals surface area contributed by atoms with E-state index < -0.39 is 12.6 Å². The van der Waals surface area contributed by atoms with Gasteiger partial charge in [0.05, 0.1) is 13.0 Å². The zero-order chi connectivity index (χ0) is 21.5. The normalized spacial score (nSPS) is 14.9.